The Kier molecular flexibility index (Phi) is 11.5. The summed E-state index contributed by atoms with van der Waals surface area (Å²) in [7, 11) is -2.58. The average molecular weight is 673 g/mol. The fourth-order valence-corrected chi connectivity index (χ4v) is 7.60. The molecule has 0 spiro atoms. The minimum absolute atomic E-state index is 0.00931. The van der Waals surface area contributed by atoms with E-state index in [1.165, 1.54) is 22.7 Å². The summed E-state index contributed by atoms with van der Waals surface area (Å²) in [5.74, 6) is -0.261. The summed E-state index contributed by atoms with van der Waals surface area (Å²) in [6.07, 6.45) is -0.436. The number of methoxy groups -OCH3 is 1. The molecule has 14 heteroatoms. The van der Waals surface area contributed by atoms with Crippen LogP contribution in [-0.2, 0) is 35.4 Å². The molecular formula is C33H44N4O9S. The van der Waals surface area contributed by atoms with Crippen LogP contribution in [0.15, 0.2) is 58.4 Å². The van der Waals surface area contributed by atoms with E-state index < -0.39 is 34.4 Å². The lowest BCUT2D eigenvalue weighted by molar-refractivity contribution is -0.0907. The fraction of sp³-hybridized carbons (Fsp3) is 0.515. The van der Waals surface area contributed by atoms with Crippen molar-refractivity contribution < 1.29 is 42.4 Å². The third kappa shape index (κ3) is 8.50. The van der Waals surface area contributed by atoms with Gasteiger partial charge in [0.1, 0.15) is 6.10 Å². The highest BCUT2D eigenvalue weighted by atomic mass is 32.2. The van der Waals surface area contributed by atoms with Crippen molar-refractivity contribution >= 4 is 33.2 Å². The van der Waals surface area contributed by atoms with Crippen LogP contribution in [0.1, 0.15) is 31.4 Å². The number of amides is 1. The van der Waals surface area contributed by atoms with Gasteiger partial charge in [-0.3, -0.25) is 4.99 Å². The van der Waals surface area contributed by atoms with Gasteiger partial charge in [0.2, 0.25) is 10.0 Å². The molecule has 256 valence electrons. The number of aliphatic hydroxyl groups excluding tert-OH is 1. The molecule has 5 atom stereocenters. The Labute approximate surface area is 274 Å². The first-order chi connectivity index (χ1) is 22.6. The minimum Gasteiger partial charge on any atom is -0.494 e. The van der Waals surface area contributed by atoms with Crippen LogP contribution in [0.5, 0.6) is 5.88 Å². The summed E-state index contributed by atoms with van der Waals surface area (Å²) in [5, 5.41) is 25.4. The predicted molar refractivity (Wildman–Crippen MR) is 175 cm³/mol. The summed E-state index contributed by atoms with van der Waals surface area (Å²) in [4.78, 5) is 20.2. The standard InChI is InChI=1S/C33H44N4O9S/c1-21(2)18-37(47(41,42)23-9-10-27-25(16-23)26(31(39)35-27)17-34-12-14-43-3)19-29(38)28(15-22-7-5-4-6-8-22)36-33(40)46-30-20-45-32-24(30)11-13-44-32/h4-10,16-17,21,24,28-30,32,35,38-39H,11-15,18-20H2,1-3H3,(H,36,40). The Morgan fingerprint density at radius 1 is 1.19 bits per heavy atom. The van der Waals surface area contributed by atoms with Crippen LogP contribution < -0.4 is 5.32 Å². The number of carbonyl (C=O) groups is 1. The number of nitrogens with zero attached hydrogens (tertiary/aromatic N) is 2. The number of fused-ring (bicyclic) bond motifs is 2. The molecule has 5 rings (SSSR count). The molecule has 0 aliphatic carbocycles. The van der Waals surface area contributed by atoms with E-state index >= 15 is 0 Å². The van der Waals surface area contributed by atoms with E-state index in [0.717, 1.165) is 12.0 Å². The van der Waals surface area contributed by atoms with Gasteiger partial charge in [-0.1, -0.05) is 44.2 Å². The SMILES string of the molecule is COCCN=Cc1c(O)[nH]c2ccc(S(=O)(=O)N(CC(C)C)CC(O)C(Cc3ccccc3)NC(=O)OC3COC4OCCC34)cc12. The lowest BCUT2D eigenvalue weighted by Crippen LogP contribution is -2.51. The van der Waals surface area contributed by atoms with Gasteiger partial charge >= 0.3 is 6.09 Å². The van der Waals surface area contributed by atoms with Gasteiger partial charge < -0.3 is 39.5 Å². The van der Waals surface area contributed by atoms with Crippen LogP contribution in [0.3, 0.4) is 0 Å². The van der Waals surface area contributed by atoms with Gasteiger partial charge in [0, 0.05) is 37.3 Å². The lowest BCUT2D eigenvalue weighted by atomic mass is 10.0. The van der Waals surface area contributed by atoms with Crippen molar-refractivity contribution in [3.05, 3.63) is 59.7 Å². The molecule has 4 N–H and O–H groups in total. The number of benzene rings is 2. The highest BCUT2D eigenvalue weighted by Gasteiger charge is 2.44. The van der Waals surface area contributed by atoms with Crippen molar-refractivity contribution in [1.82, 2.24) is 14.6 Å². The number of aliphatic hydroxyl groups is 1. The van der Waals surface area contributed by atoms with E-state index in [1.807, 2.05) is 44.2 Å². The van der Waals surface area contributed by atoms with Crippen molar-refractivity contribution in [1.29, 1.82) is 0 Å². The second-order valence-corrected chi connectivity index (χ2v) is 14.3. The van der Waals surface area contributed by atoms with Crippen LogP contribution in [0.25, 0.3) is 10.9 Å². The number of nitrogens with one attached hydrogen (secondary N) is 2. The second kappa shape index (κ2) is 15.6. The highest BCUT2D eigenvalue weighted by Crippen LogP contribution is 2.33. The number of aliphatic imine (C=N–C) groups is 1. The van der Waals surface area contributed by atoms with Crippen molar-refractivity contribution in [2.45, 2.75) is 56.1 Å². The number of aromatic nitrogens is 1. The Balaban J connectivity index is 1.37. The molecule has 5 unspecified atom stereocenters. The van der Waals surface area contributed by atoms with E-state index in [-0.39, 0.29) is 55.0 Å². The van der Waals surface area contributed by atoms with Crippen LogP contribution in [-0.4, -0.2) is 111 Å². The molecule has 0 bridgehead atoms. The number of H-pyrrole nitrogens is 1. The third-order valence-electron chi connectivity index (χ3n) is 8.34. The number of aromatic hydroxyl groups is 1. The zero-order valence-corrected chi connectivity index (χ0v) is 27.7. The molecule has 0 radical (unpaired) electrons. The van der Waals surface area contributed by atoms with E-state index in [4.69, 9.17) is 18.9 Å². The number of hydrogen-bond acceptors (Lipinski definition) is 10. The van der Waals surface area contributed by atoms with Crippen LogP contribution in [0.2, 0.25) is 0 Å². The Bertz CT molecular complexity index is 1630. The average Bonchev–Trinajstić information content (AvgIpc) is 3.74. The molecule has 2 saturated heterocycles. The smallest absolute Gasteiger partial charge is 0.407 e. The summed E-state index contributed by atoms with van der Waals surface area (Å²) >= 11 is 0. The van der Waals surface area contributed by atoms with Gasteiger partial charge in [-0.2, -0.15) is 4.31 Å². The fourth-order valence-electron chi connectivity index (χ4n) is 5.95. The van der Waals surface area contributed by atoms with Crippen molar-refractivity contribution in [3.8, 4) is 5.88 Å². The molecule has 13 nitrogen and oxygen atoms in total. The minimum atomic E-state index is -4.14. The van der Waals surface area contributed by atoms with Gasteiger partial charge in [0.15, 0.2) is 12.2 Å². The quantitative estimate of drug-likeness (QED) is 0.140. The first-order valence-electron chi connectivity index (χ1n) is 15.8. The zero-order valence-electron chi connectivity index (χ0n) is 26.9. The number of alkyl carbamates (subject to hydrolysis) is 1. The highest BCUT2D eigenvalue weighted by molar-refractivity contribution is 7.89. The summed E-state index contributed by atoms with van der Waals surface area (Å²) in [5.41, 5.74) is 1.75. The number of carbonyl (C=O) groups excluding carboxylic acids is 1. The maximum absolute atomic E-state index is 14.2. The topological polar surface area (TPSA) is 172 Å². The summed E-state index contributed by atoms with van der Waals surface area (Å²) < 4.78 is 51.4. The molecule has 3 aromatic rings. The van der Waals surface area contributed by atoms with E-state index in [1.54, 1.807) is 13.2 Å². The normalized spacial score (nSPS) is 21.1. The molecule has 3 heterocycles. The predicted octanol–water partition coefficient (Wildman–Crippen LogP) is 3.05. The Morgan fingerprint density at radius 2 is 1.98 bits per heavy atom. The van der Waals surface area contributed by atoms with Crippen LogP contribution in [0.4, 0.5) is 4.79 Å². The largest absolute Gasteiger partial charge is 0.494 e. The molecule has 1 amide bonds. The third-order valence-corrected chi connectivity index (χ3v) is 10.2. The van der Waals surface area contributed by atoms with Crippen molar-refractivity contribution in [2.75, 3.05) is 46.6 Å². The molecule has 2 aliphatic rings. The van der Waals surface area contributed by atoms with Gasteiger partial charge in [0.25, 0.3) is 0 Å². The first-order valence-corrected chi connectivity index (χ1v) is 17.3. The van der Waals surface area contributed by atoms with Crippen LogP contribution >= 0.6 is 0 Å². The van der Waals surface area contributed by atoms with E-state index in [0.29, 0.717) is 36.2 Å². The number of aromatic amines is 1. The second-order valence-electron chi connectivity index (χ2n) is 12.3. The molecular weight excluding hydrogens is 628 g/mol. The monoisotopic (exact) mass is 672 g/mol. The molecule has 2 aliphatic heterocycles. The van der Waals surface area contributed by atoms with E-state index in [2.05, 4.69) is 15.3 Å². The number of ether oxygens (including phenoxy) is 4. The molecule has 47 heavy (non-hydrogen) atoms. The first kappa shape index (κ1) is 34.8. The molecule has 0 saturated carbocycles. The summed E-state index contributed by atoms with van der Waals surface area (Å²) in [6, 6.07) is 13.0. The molecule has 1 aromatic heterocycles. The Morgan fingerprint density at radius 3 is 2.72 bits per heavy atom. The maximum Gasteiger partial charge on any atom is 0.407 e. The van der Waals surface area contributed by atoms with Gasteiger partial charge in [-0.25, -0.2) is 13.2 Å². The van der Waals surface area contributed by atoms with Crippen molar-refractivity contribution in [3.63, 3.8) is 0 Å². The molecule has 2 aromatic carbocycles. The summed E-state index contributed by atoms with van der Waals surface area (Å²) in [6.45, 7) is 5.13. The van der Waals surface area contributed by atoms with Gasteiger partial charge in [0.05, 0.1) is 54.9 Å². The number of sulfonamides is 1. The van der Waals surface area contributed by atoms with Gasteiger partial charge in [-0.05, 0) is 42.5 Å². The zero-order chi connectivity index (χ0) is 33.6. The number of rotatable bonds is 15. The molecule has 2 fully saturated rings. The van der Waals surface area contributed by atoms with Crippen LogP contribution in [0, 0.1) is 11.8 Å². The van der Waals surface area contributed by atoms with Gasteiger partial charge in [-0.15, -0.1) is 0 Å². The lowest BCUT2D eigenvalue weighted by Gasteiger charge is -2.31. The Hall–Kier alpha value is -3.53. The van der Waals surface area contributed by atoms with Crippen molar-refractivity contribution in [2.24, 2.45) is 16.8 Å². The maximum atomic E-state index is 14.2. The number of hydrogen-bond donors (Lipinski definition) is 4. The van der Waals surface area contributed by atoms with E-state index in [9.17, 15) is 23.4 Å².